The summed E-state index contributed by atoms with van der Waals surface area (Å²) in [4.78, 5) is 26.9. The number of para-hydroxylation sites is 2. The van der Waals surface area contributed by atoms with Gasteiger partial charge < -0.3 is 15.5 Å². The normalized spacial score (nSPS) is 10.4. The van der Waals surface area contributed by atoms with Crippen LogP contribution in [0.2, 0.25) is 0 Å². The van der Waals surface area contributed by atoms with Crippen LogP contribution in [0.25, 0.3) is 0 Å². The highest BCUT2D eigenvalue weighted by atomic mass is 16.2. The number of amides is 2. The Balaban J connectivity index is 1.65. The second-order valence-electron chi connectivity index (χ2n) is 7.14. The lowest BCUT2D eigenvalue weighted by Crippen LogP contribution is -2.26. The number of nitrogens with one attached hydrogen (secondary N) is 2. The van der Waals surface area contributed by atoms with E-state index in [9.17, 15) is 9.59 Å². The molecule has 0 saturated heterocycles. The minimum Gasteiger partial charge on any atom is -0.376 e. The molecule has 0 unspecified atom stereocenters. The molecule has 0 saturated carbocycles. The van der Waals surface area contributed by atoms with E-state index in [2.05, 4.69) is 23.6 Å². The van der Waals surface area contributed by atoms with Crippen LogP contribution in [0.4, 0.5) is 17.1 Å². The van der Waals surface area contributed by atoms with Crippen molar-refractivity contribution in [1.82, 2.24) is 0 Å². The molecule has 30 heavy (non-hydrogen) atoms. The Morgan fingerprint density at radius 2 is 1.67 bits per heavy atom. The SMILES string of the molecule is CCc1cccc(C)c1NCC(=O)Nc1cccc(C(=O)N(C)c2ccccc2)c1. The summed E-state index contributed by atoms with van der Waals surface area (Å²) in [6, 6.07) is 22.6. The summed E-state index contributed by atoms with van der Waals surface area (Å²) < 4.78 is 0. The summed E-state index contributed by atoms with van der Waals surface area (Å²) in [6.45, 7) is 4.27. The molecule has 5 heteroatoms. The summed E-state index contributed by atoms with van der Waals surface area (Å²) in [5.74, 6) is -0.302. The van der Waals surface area contributed by atoms with Crippen molar-refractivity contribution in [2.45, 2.75) is 20.3 Å². The quantitative estimate of drug-likeness (QED) is 0.593. The van der Waals surface area contributed by atoms with E-state index in [1.54, 1.807) is 36.2 Å². The number of nitrogens with zero attached hydrogens (tertiary/aromatic N) is 1. The van der Waals surface area contributed by atoms with Gasteiger partial charge in [0.25, 0.3) is 5.91 Å². The van der Waals surface area contributed by atoms with Crippen LogP contribution in [0.1, 0.15) is 28.4 Å². The van der Waals surface area contributed by atoms with Gasteiger partial charge in [0.05, 0.1) is 6.54 Å². The first-order valence-corrected chi connectivity index (χ1v) is 10.0. The van der Waals surface area contributed by atoms with Crippen molar-refractivity contribution in [2.24, 2.45) is 0 Å². The van der Waals surface area contributed by atoms with Gasteiger partial charge >= 0.3 is 0 Å². The van der Waals surface area contributed by atoms with E-state index >= 15 is 0 Å². The summed E-state index contributed by atoms with van der Waals surface area (Å²) >= 11 is 0. The maximum Gasteiger partial charge on any atom is 0.258 e. The van der Waals surface area contributed by atoms with Crippen LogP contribution in [-0.2, 0) is 11.2 Å². The van der Waals surface area contributed by atoms with Gasteiger partial charge in [0, 0.05) is 29.7 Å². The first-order chi connectivity index (χ1) is 14.5. The van der Waals surface area contributed by atoms with Crippen molar-refractivity contribution in [2.75, 3.05) is 29.1 Å². The third kappa shape index (κ3) is 5.06. The van der Waals surface area contributed by atoms with E-state index in [4.69, 9.17) is 0 Å². The molecule has 0 radical (unpaired) electrons. The van der Waals surface area contributed by atoms with Gasteiger partial charge in [0.1, 0.15) is 0 Å². The number of aryl methyl sites for hydroxylation is 2. The summed E-state index contributed by atoms with van der Waals surface area (Å²) in [6.07, 6.45) is 0.894. The molecule has 0 spiro atoms. The van der Waals surface area contributed by atoms with Crippen LogP contribution in [0.5, 0.6) is 0 Å². The van der Waals surface area contributed by atoms with Crippen LogP contribution in [-0.4, -0.2) is 25.4 Å². The van der Waals surface area contributed by atoms with Crippen molar-refractivity contribution >= 4 is 28.9 Å². The Morgan fingerprint density at radius 1 is 0.933 bits per heavy atom. The monoisotopic (exact) mass is 401 g/mol. The molecule has 5 nitrogen and oxygen atoms in total. The second-order valence-corrected chi connectivity index (χ2v) is 7.14. The Hall–Kier alpha value is -3.60. The molecule has 0 atom stereocenters. The van der Waals surface area contributed by atoms with Crippen molar-refractivity contribution in [3.63, 3.8) is 0 Å². The molecular weight excluding hydrogens is 374 g/mol. The third-order valence-corrected chi connectivity index (χ3v) is 5.01. The minimum atomic E-state index is -0.165. The average Bonchev–Trinajstić information content (AvgIpc) is 2.77. The van der Waals surface area contributed by atoms with Crippen molar-refractivity contribution < 1.29 is 9.59 Å². The minimum absolute atomic E-state index is 0.136. The molecule has 3 aromatic carbocycles. The molecule has 0 heterocycles. The molecular formula is C25H27N3O2. The van der Waals surface area contributed by atoms with Crippen molar-refractivity contribution in [1.29, 1.82) is 0 Å². The molecule has 0 aliphatic carbocycles. The first kappa shape index (κ1) is 21.1. The zero-order valence-corrected chi connectivity index (χ0v) is 17.6. The molecule has 0 aromatic heterocycles. The van der Waals surface area contributed by atoms with Crippen molar-refractivity contribution in [3.05, 3.63) is 89.5 Å². The van der Waals surface area contributed by atoms with Gasteiger partial charge in [-0.3, -0.25) is 9.59 Å². The van der Waals surface area contributed by atoms with Crippen molar-refractivity contribution in [3.8, 4) is 0 Å². The zero-order chi connectivity index (χ0) is 21.5. The zero-order valence-electron chi connectivity index (χ0n) is 17.6. The summed E-state index contributed by atoms with van der Waals surface area (Å²) in [7, 11) is 1.74. The Morgan fingerprint density at radius 3 is 2.40 bits per heavy atom. The number of hydrogen-bond donors (Lipinski definition) is 2. The maximum atomic E-state index is 12.8. The molecule has 3 rings (SSSR count). The Kier molecular flexibility index (Phi) is 6.86. The fourth-order valence-electron chi connectivity index (χ4n) is 3.34. The van der Waals surface area contributed by atoms with E-state index in [0.717, 1.165) is 23.4 Å². The maximum absolute atomic E-state index is 12.8. The largest absolute Gasteiger partial charge is 0.376 e. The van der Waals surface area contributed by atoms with Gasteiger partial charge in [-0.1, -0.05) is 49.4 Å². The number of carbonyl (C=O) groups is 2. The summed E-state index contributed by atoms with van der Waals surface area (Å²) in [5.41, 5.74) is 5.21. The van der Waals surface area contributed by atoms with Gasteiger partial charge in [-0.2, -0.15) is 0 Å². The number of rotatable bonds is 7. The Bertz CT molecular complexity index is 1030. The van der Waals surface area contributed by atoms with E-state index < -0.39 is 0 Å². The molecule has 0 aliphatic rings. The van der Waals surface area contributed by atoms with Gasteiger partial charge in [0.15, 0.2) is 0 Å². The van der Waals surface area contributed by atoms with Gasteiger partial charge in [0.2, 0.25) is 5.91 Å². The molecule has 154 valence electrons. The Labute approximate surface area is 177 Å². The average molecular weight is 402 g/mol. The van der Waals surface area contributed by atoms with Crippen LogP contribution in [0.3, 0.4) is 0 Å². The van der Waals surface area contributed by atoms with Gasteiger partial charge in [-0.15, -0.1) is 0 Å². The number of hydrogen-bond acceptors (Lipinski definition) is 3. The molecule has 0 fully saturated rings. The van der Waals surface area contributed by atoms with E-state index in [1.165, 1.54) is 5.56 Å². The van der Waals surface area contributed by atoms with E-state index in [1.807, 2.05) is 49.4 Å². The highest BCUT2D eigenvalue weighted by molar-refractivity contribution is 6.06. The fraction of sp³-hybridized carbons (Fsp3) is 0.200. The number of carbonyl (C=O) groups excluding carboxylic acids is 2. The van der Waals surface area contributed by atoms with Crippen LogP contribution in [0.15, 0.2) is 72.8 Å². The lowest BCUT2D eigenvalue weighted by atomic mass is 10.1. The summed E-state index contributed by atoms with van der Waals surface area (Å²) in [5, 5.41) is 6.11. The molecule has 0 aliphatic heterocycles. The number of benzene rings is 3. The topological polar surface area (TPSA) is 61.4 Å². The lowest BCUT2D eigenvalue weighted by molar-refractivity contribution is -0.114. The predicted octanol–water partition coefficient (Wildman–Crippen LogP) is 4.88. The molecule has 3 aromatic rings. The van der Waals surface area contributed by atoms with Gasteiger partial charge in [-0.05, 0) is 54.8 Å². The highest BCUT2D eigenvalue weighted by Gasteiger charge is 2.14. The molecule has 0 bridgehead atoms. The standard InChI is InChI=1S/C25H27N3O2/c1-4-19-11-8-10-18(2)24(19)26-17-23(29)27-21-13-9-12-20(16-21)25(30)28(3)22-14-6-5-7-15-22/h5-16,26H,4,17H2,1-3H3,(H,27,29). The number of anilines is 3. The smallest absolute Gasteiger partial charge is 0.258 e. The fourth-order valence-corrected chi connectivity index (χ4v) is 3.34. The molecule has 2 amide bonds. The molecule has 2 N–H and O–H groups in total. The van der Waals surface area contributed by atoms with Gasteiger partial charge in [-0.25, -0.2) is 0 Å². The van der Waals surface area contributed by atoms with E-state index in [0.29, 0.717) is 11.3 Å². The second kappa shape index (κ2) is 9.74. The van der Waals surface area contributed by atoms with Crippen LogP contribution >= 0.6 is 0 Å². The van der Waals surface area contributed by atoms with E-state index in [-0.39, 0.29) is 18.4 Å². The highest BCUT2D eigenvalue weighted by Crippen LogP contribution is 2.21. The predicted molar refractivity (Wildman–Crippen MR) is 123 cm³/mol. The van der Waals surface area contributed by atoms with Crippen LogP contribution in [0, 0.1) is 6.92 Å². The first-order valence-electron chi connectivity index (χ1n) is 10.0. The lowest BCUT2D eigenvalue weighted by Gasteiger charge is -2.18. The third-order valence-electron chi connectivity index (χ3n) is 5.01. The van der Waals surface area contributed by atoms with Crippen LogP contribution < -0.4 is 15.5 Å².